The number of nitrogen functional groups attached to an aromatic ring is 1. The molecule has 26 heavy (non-hydrogen) atoms. The Morgan fingerprint density at radius 3 is 2.81 bits per heavy atom. The van der Waals surface area contributed by atoms with Gasteiger partial charge in [0, 0.05) is 0 Å². The fraction of sp³-hybridized carbons (Fsp3) is 0.615. The molecule has 4 rings (SSSR count). The Morgan fingerprint density at radius 1 is 1.27 bits per heavy atom. The first kappa shape index (κ1) is 17.7. The molecule has 0 saturated carbocycles. The minimum atomic E-state index is -3.67. The zero-order chi connectivity index (χ0) is 18.3. The molecule has 2 saturated heterocycles. The number of aromatic nitrogens is 4. The minimum Gasteiger partial charge on any atom is -0.387 e. The molecule has 2 aliphatic heterocycles. The molecule has 2 fully saturated rings. The van der Waals surface area contributed by atoms with Gasteiger partial charge in [-0.2, -0.15) is 0 Å². The summed E-state index contributed by atoms with van der Waals surface area (Å²) in [5.74, 6) is 0.186. The molecule has 0 aliphatic carbocycles. The summed E-state index contributed by atoms with van der Waals surface area (Å²) in [6.07, 6.45) is -1.24. The van der Waals surface area contributed by atoms with E-state index in [2.05, 4.69) is 15.0 Å². The topological polar surface area (TPSA) is 164 Å². The fourth-order valence-electron chi connectivity index (χ4n) is 2.84. The number of anilines is 1. The maximum Gasteiger partial charge on any atom is 0.474 e. The largest absolute Gasteiger partial charge is 0.474 e. The van der Waals surface area contributed by atoms with Gasteiger partial charge in [0.2, 0.25) is 0 Å². The highest BCUT2D eigenvalue weighted by molar-refractivity contribution is 7.48. The quantitative estimate of drug-likeness (QED) is 0.584. The number of nitrogens with zero attached hydrogens (tertiary/aromatic N) is 4. The first-order valence-electron chi connectivity index (χ1n) is 7.97. The van der Waals surface area contributed by atoms with Gasteiger partial charge < -0.3 is 20.7 Å². The van der Waals surface area contributed by atoms with Gasteiger partial charge in [0.15, 0.2) is 17.7 Å². The predicted molar refractivity (Wildman–Crippen MR) is 85.7 cm³/mol. The van der Waals surface area contributed by atoms with Crippen molar-refractivity contribution in [1.29, 1.82) is 0 Å². The van der Waals surface area contributed by atoms with Crippen LogP contribution >= 0.6 is 7.82 Å². The lowest BCUT2D eigenvalue weighted by molar-refractivity contribution is -0.0543. The van der Waals surface area contributed by atoms with E-state index in [1.54, 1.807) is 0 Å². The highest BCUT2D eigenvalue weighted by atomic mass is 31.2. The average Bonchev–Trinajstić information content (AvgIpc) is 3.17. The van der Waals surface area contributed by atoms with Gasteiger partial charge >= 0.3 is 7.82 Å². The fourth-order valence-corrected chi connectivity index (χ4v) is 4.10. The maximum atomic E-state index is 12.2. The van der Waals surface area contributed by atoms with E-state index in [0.29, 0.717) is 17.6 Å². The summed E-state index contributed by atoms with van der Waals surface area (Å²) in [7, 11) is -3.67. The summed E-state index contributed by atoms with van der Waals surface area (Å²) in [6, 6.07) is 0. The zero-order valence-electron chi connectivity index (χ0n) is 13.5. The number of phosphoric acid groups is 1. The number of ether oxygens (including phenoxy) is 1. The maximum absolute atomic E-state index is 12.2. The summed E-state index contributed by atoms with van der Waals surface area (Å²) < 4.78 is 34.5. The number of nitrogens with two attached hydrogens (primary N) is 1. The van der Waals surface area contributed by atoms with Gasteiger partial charge in [-0.25, -0.2) is 19.5 Å². The molecular weight excluding hydrogens is 369 g/mol. The molecule has 0 spiro atoms. The Balaban J connectivity index is 1.50. The molecule has 142 valence electrons. The summed E-state index contributed by atoms with van der Waals surface area (Å²) in [5.41, 5.74) is 6.45. The van der Waals surface area contributed by atoms with Crippen molar-refractivity contribution in [3.63, 3.8) is 0 Å². The highest BCUT2D eigenvalue weighted by Gasteiger charge is 2.45. The second-order valence-electron chi connectivity index (χ2n) is 5.89. The van der Waals surface area contributed by atoms with E-state index in [1.165, 1.54) is 17.2 Å². The Morgan fingerprint density at radius 2 is 2.04 bits per heavy atom. The van der Waals surface area contributed by atoms with E-state index >= 15 is 0 Å². The third-order valence-corrected chi connectivity index (χ3v) is 5.65. The van der Waals surface area contributed by atoms with Crippen molar-refractivity contribution < 1.29 is 33.1 Å². The van der Waals surface area contributed by atoms with Gasteiger partial charge in [0.25, 0.3) is 0 Å². The minimum absolute atomic E-state index is 0.186. The number of hydrogen-bond donors (Lipinski definition) is 3. The van der Waals surface area contributed by atoms with Gasteiger partial charge in [-0.05, 0) is 6.42 Å². The van der Waals surface area contributed by atoms with Crippen LogP contribution in [0, 0.1) is 0 Å². The van der Waals surface area contributed by atoms with Gasteiger partial charge in [-0.1, -0.05) is 0 Å². The number of rotatable bonds is 4. The van der Waals surface area contributed by atoms with Crippen LogP contribution in [0.4, 0.5) is 5.82 Å². The summed E-state index contributed by atoms with van der Waals surface area (Å²) in [4.78, 5) is 12.0. The Kier molecular flexibility index (Phi) is 4.65. The summed E-state index contributed by atoms with van der Waals surface area (Å²) in [6.45, 7) is 0.243. The van der Waals surface area contributed by atoms with Gasteiger partial charge in [-0.15, -0.1) is 0 Å². The van der Waals surface area contributed by atoms with E-state index < -0.39 is 32.4 Å². The Hall–Kier alpha value is -1.66. The molecule has 0 amide bonds. The average molecular weight is 387 g/mol. The monoisotopic (exact) mass is 387 g/mol. The smallest absolute Gasteiger partial charge is 0.387 e. The van der Waals surface area contributed by atoms with E-state index in [0.717, 1.165) is 0 Å². The number of imidazole rings is 1. The number of aliphatic hydroxyl groups is 2. The van der Waals surface area contributed by atoms with Crippen LogP contribution in [0.15, 0.2) is 12.7 Å². The van der Waals surface area contributed by atoms with Crippen molar-refractivity contribution >= 4 is 24.8 Å². The molecule has 4 heterocycles. The summed E-state index contributed by atoms with van der Waals surface area (Å²) >= 11 is 0. The first-order chi connectivity index (χ1) is 12.5. The van der Waals surface area contributed by atoms with E-state index in [4.69, 9.17) is 24.0 Å². The van der Waals surface area contributed by atoms with Gasteiger partial charge in [-0.3, -0.25) is 18.1 Å². The van der Waals surface area contributed by atoms with Crippen LogP contribution in [0.1, 0.15) is 12.6 Å². The van der Waals surface area contributed by atoms with Crippen molar-refractivity contribution in [3.8, 4) is 0 Å². The van der Waals surface area contributed by atoms with Crippen LogP contribution in [0.5, 0.6) is 0 Å². The van der Waals surface area contributed by atoms with Crippen molar-refractivity contribution in [3.05, 3.63) is 12.7 Å². The number of aliphatic hydroxyl groups excluding tert-OH is 2. The summed E-state index contributed by atoms with van der Waals surface area (Å²) in [5, 5.41) is 20.6. The second-order valence-corrected chi connectivity index (χ2v) is 7.56. The third kappa shape index (κ3) is 3.09. The molecule has 2 aliphatic rings. The van der Waals surface area contributed by atoms with Gasteiger partial charge in [0.05, 0.1) is 26.1 Å². The number of hydrogen-bond acceptors (Lipinski definition) is 11. The lowest BCUT2D eigenvalue weighted by Crippen LogP contribution is -2.33. The predicted octanol–water partition coefficient (Wildman–Crippen LogP) is -0.411. The van der Waals surface area contributed by atoms with Crippen LogP contribution in [0.3, 0.4) is 0 Å². The molecule has 1 unspecified atom stereocenters. The van der Waals surface area contributed by atoms with Crippen molar-refractivity contribution in [1.82, 2.24) is 19.5 Å². The van der Waals surface area contributed by atoms with E-state index in [1.807, 2.05) is 0 Å². The van der Waals surface area contributed by atoms with Crippen molar-refractivity contribution in [2.45, 2.75) is 31.0 Å². The Bertz CT molecular complexity index is 837. The zero-order valence-corrected chi connectivity index (χ0v) is 14.4. The molecule has 4 N–H and O–H groups in total. The van der Waals surface area contributed by atoms with Crippen LogP contribution in [0.2, 0.25) is 0 Å². The van der Waals surface area contributed by atoms with Crippen LogP contribution in [0.25, 0.3) is 11.2 Å². The van der Waals surface area contributed by atoms with E-state index in [-0.39, 0.29) is 25.6 Å². The number of phosphoric ester groups is 1. The third-order valence-electron chi connectivity index (χ3n) is 4.18. The van der Waals surface area contributed by atoms with Crippen LogP contribution in [-0.4, -0.2) is 67.9 Å². The Labute approximate surface area is 147 Å². The van der Waals surface area contributed by atoms with Crippen molar-refractivity contribution in [2.24, 2.45) is 0 Å². The standard InChI is InChI=1S/C13H18N5O7P/c14-11-8-12(16-5-15-11)18(6-17-8)13-10(20)9(19)7(25-13)4-24-26(21)22-2-1-3-23-26/h5-7,9-10,13,19-20H,1-4H2,(H2,14,15,16)/t7-,9-,10-,13?/m1/s1. The lowest BCUT2D eigenvalue weighted by atomic mass is 10.1. The molecule has 13 heteroatoms. The molecule has 4 atom stereocenters. The molecule has 12 nitrogen and oxygen atoms in total. The molecule has 0 aromatic carbocycles. The van der Waals surface area contributed by atoms with E-state index in [9.17, 15) is 14.8 Å². The molecule has 2 aromatic heterocycles. The van der Waals surface area contributed by atoms with Crippen molar-refractivity contribution in [2.75, 3.05) is 25.6 Å². The van der Waals surface area contributed by atoms with Gasteiger partial charge in [0.1, 0.15) is 30.2 Å². The van der Waals surface area contributed by atoms with Crippen LogP contribution < -0.4 is 5.73 Å². The molecule has 0 bridgehead atoms. The second kappa shape index (κ2) is 6.82. The normalized spacial score (nSPS) is 31.5. The molecular formula is C13H18N5O7P. The highest BCUT2D eigenvalue weighted by Crippen LogP contribution is 2.52. The molecule has 0 radical (unpaired) electrons. The van der Waals surface area contributed by atoms with Crippen LogP contribution in [-0.2, 0) is 22.9 Å². The first-order valence-corrected chi connectivity index (χ1v) is 9.43. The SMILES string of the molecule is Nc1ncnc2c1ncn2C1O[C@H](COP2(=O)OCCCO2)[C@@H](O)[C@H]1O. The number of fused-ring (bicyclic) bond motifs is 1. The lowest BCUT2D eigenvalue weighted by Gasteiger charge is -2.23. The molecule has 2 aromatic rings.